The molecular formula is C25H31N3O3. The molecule has 0 saturated carbocycles. The van der Waals surface area contributed by atoms with E-state index in [0.717, 1.165) is 44.0 Å². The van der Waals surface area contributed by atoms with Crippen LogP contribution in [0, 0.1) is 5.92 Å². The molecule has 4 rings (SSSR count). The molecule has 2 atom stereocenters. The highest BCUT2D eigenvalue weighted by Gasteiger charge is 2.36. The van der Waals surface area contributed by atoms with E-state index < -0.39 is 0 Å². The van der Waals surface area contributed by atoms with E-state index in [0.29, 0.717) is 13.1 Å². The third-order valence-electron chi connectivity index (χ3n) is 6.35. The molecule has 2 aromatic rings. The van der Waals surface area contributed by atoms with Crippen LogP contribution < -0.4 is 5.32 Å². The molecule has 2 aromatic carbocycles. The SMILES string of the molecule is CC(c1ccccc1)N1CC(C(=O)NCc2ccccc2CN2CCOCC2)CC1=O. The van der Waals surface area contributed by atoms with Crippen molar-refractivity contribution in [1.82, 2.24) is 15.1 Å². The number of hydrogen-bond donors (Lipinski definition) is 1. The first kappa shape index (κ1) is 21.5. The number of morpholine rings is 1. The molecule has 2 saturated heterocycles. The van der Waals surface area contributed by atoms with Crippen molar-refractivity contribution in [3.63, 3.8) is 0 Å². The summed E-state index contributed by atoms with van der Waals surface area (Å²) in [5.41, 5.74) is 3.45. The van der Waals surface area contributed by atoms with Crippen molar-refractivity contribution in [2.45, 2.75) is 32.5 Å². The van der Waals surface area contributed by atoms with Gasteiger partial charge in [-0.15, -0.1) is 0 Å². The van der Waals surface area contributed by atoms with Crippen LogP contribution in [0.25, 0.3) is 0 Å². The van der Waals surface area contributed by atoms with Gasteiger partial charge in [0.05, 0.1) is 25.2 Å². The van der Waals surface area contributed by atoms with Crippen LogP contribution in [0.5, 0.6) is 0 Å². The van der Waals surface area contributed by atoms with E-state index in [1.165, 1.54) is 5.56 Å². The van der Waals surface area contributed by atoms with Crippen molar-refractivity contribution >= 4 is 11.8 Å². The predicted molar refractivity (Wildman–Crippen MR) is 119 cm³/mol. The van der Waals surface area contributed by atoms with E-state index in [9.17, 15) is 9.59 Å². The molecule has 2 fully saturated rings. The highest BCUT2D eigenvalue weighted by Crippen LogP contribution is 2.28. The molecule has 0 bridgehead atoms. The van der Waals surface area contributed by atoms with Crippen molar-refractivity contribution in [1.29, 1.82) is 0 Å². The lowest BCUT2D eigenvalue weighted by molar-refractivity contribution is -0.130. The number of nitrogens with zero attached hydrogens (tertiary/aromatic N) is 2. The number of ether oxygens (including phenoxy) is 1. The summed E-state index contributed by atoms with van der Waals surface area (Å²) in [5.74, 6) is -0.299. The molecule has 2 amide bonds. The Morgan fingerprint density at radius 3 is 2.48 bits per heavy atom. The summed E-state index contributed by atoms with van der Waals surface area (Å²) in [4.78, 5) is 29.6. The van der Waals surface area contributed by atoms with E-state index >= 15 is 0 Å². The number of carbonyl (C=O) groups excluding carboxylic acids is 2. The molecule has 1 N–H and O–H groups in total. The Kier molecular flexibility index (Phi) is 6.99. The van der Waals surface area contributed by atoms with E-state index in [2.05, 4.69) is 22.3 Å². The number of rotatable bonds is 7. The maximum Gasteiger partial charge on any atom is 0.225 e. The van der Waals surface area contributed by atoms with Gasteiger partial charge in [0.1, 0.15) is 0 Å². The van der Waals surface area contributed by atoms with Gasteiger partial charge in [0, 0.05) is 39.1 Å². The Morgan fingerprint density at radius 1 is 1.06 bits per heavy atom. The second kappa shape index (κ2) is 10.1. The molecule has 2 heterocycles. The lowest BCUT2D eigenvalue weighted by Gasteiger charge is -2.27. The monoisotopic (exact) mass is 421 g/mol. The Bertz CT molecular complexity index is 896. The van der Waals surface area contributed by atoms with Gasteiger partial charge in [0.2, 0.25) is 11.8 Å². The summed E-state index contributed by atoms with van der Waals surface area (Å²) in [6.45, 7) is 7.24. The Balaban J connectivity index is 1.34. The highest BCUT2D eigenvalue weighted by atomic mass is 16.5. The minimum absolute atomic E-state index is 0.0271. The first-order chi connectivity index (χ1) is 15.1. The number of likely N-dealkylation sites (tertiary alicyclic amines) is 1. The number of amides is 2. The molecule has 0 aliphatic carbocycles. The summed E-state index contributed by atoms with van der Waals surface area (Å²) in [7, 11) is 0. The van der Waals surface area contributed by atoms with E-state index in [1.54, 1.807) is 0 Å². The summed E-state index contributed by atoms with van der Waals surface area (Å²) in [6, 6.07) is 18.2. The zero-order chi connectivity index (χ0) is 21.6. The fourth-order valence-corrected chi connectivity index (χ4v) is 4.40. The van der Waals surface area contributed by atoms with Crippen molar-refractivity contribution < 1.29 is 14.3 Å². The van der Waals surface area contributed by atoms with Gasteiger partial charge in [-0.05, 0) is 23.6 Å². The first-order valence-corrected chi connectivity index (χ1v) is 11.1. The third-order valence-corrected chi connectivity index (χ3v) is 6.35. The van der Waals surface area contributed by atoms with E-state index in [4.69, 9.17) is 4.74 Å². The molecule has 6 nitrogen and oxygen atoms in total. The second-order valence-corrected chi connectivity index (χ2v) is 8.41. The zero-order valence-electron chi connectivity index (χ0n) is 18.1. The molecular weight excluding hydrogens is 390 g/mol. The smallest absolute Gasteiger partial charge is 0.225 e. The number of nitrogens with one attached hydrogen (secondary N) is 1. The fourth-order valence-electron chi connectivity index (χ4n) is 4.40. The normalized spacial score (nSPS) is 20.6. The molecule has 2 aliphatic heterocycles. The zero-order valence-corrected chi connectivity index (χ0v) is 18.1. The van der Waals surface area contributed by atoms with Gasteiger partial charge < -0.3 is 15.0 Å². The Hall–Kier alpha value is -2.70. The Morgan fingerprint density at radius 2 is 1.74 bits per heavy atom. The van der Waals surface area contributed by atoms with Crippen molar-refractivity contribution in [3.05, 3.63) is 71.3 Å². The third kappa shape index (κ3) is 5.32. The highest BCUT2D eigenvalue weighted by molar-refractivity contribution is 5.89. The van der Waals surface area contributed by atoms with Gasteiger partial charge in [-0.25, -0.2) is 0 Å². The largest absolute Gasteiger partial charge is 0.379 e. The Labute approximate surface area is 184 Å². The summed E-state index contributed by atoms with van der Waals surface area (Å²) < 4.78 is 5.44. The molecule has 6 heteroatoms. The van der Waals surface area contributed by atoms with Crippen LogP contribution in [0.1, 0.15) is 36.1 Å². The van der Waals surface area contributed by atoms with Gasteiger partial charge in [0.15, 0.2) is 0 Å². The molecule has 0 aromatic heterocycles. The van der Waals surface area contributed by atoms with Gasteiger partial charge in [0.25, 0.3) is 0 Å². The van der Waals surface area contributed by atoms with E-state index in [1.807, 2.05) is 54.3 Å². The predicted octanol–water partition coefficient (Wildman–Crippen LogP) is 2.74. The van der Waals surface area contributed by atoms with Gasteiger partial charge in [-0.1, -0.05) is 54.6 Å². The second-order valence-electron chi connectivity index (χ2n) is 8.41. The maximum atomic E-state index is 12.9. The number of carbonyl (C=O) groups is 2. The summed E-state index contributed by atoms with van der Waals surface area (Å²) >= 11 is 0. The molecule has 2 aliphatic rings. The standard InChI is InChI=1S/C25H31N3O3/c1-19(20-7-3-2-4-8-20)28-18-23(15-24(28)29)25(30)26-16-21-9-5-6-10-22(21)17-27-11-13-31-14-12-27/h2-10,19,23H,11-18H2,1H3,(H,26,30). The quantitative estimate of drug-likeness (QED) is 0.747. The average Bonchev–Trinajstić information content (AvgIpc) is 3.21. The van der Waals surface area contributed by atoms with Crippen LogP contribution in [0.4, 0.5) is 0 Å². The van der Waals surface area contributed by atoms with Crippen molar-refractivity contribution in [2.75, 3.05) is 32.8 Å². The first-order valence-electron chi connectivity index (χ1n) is 11.1. The fraction of sp³-hybridized carbons (Fsp3) is 0.440. The van der Waals surface area contributed by atoms with Gasteiger partial charge in [-0.2, -0.15) is 0 Å². The lowest BCUT2D eigenvalue weighted by atomic mass is 10.0. The van der Waals surface area contributed by atoms with Crippen molar-refractivity contribution in [3.8, 4) is 0 Å². The minimum atomic E-state index is -0.301. The van der Waals surface area contributed by atoms with Crippen molar-refractivity contribution in [2.24, 2.45) is 5.92 Å². The molecule has 0 spiro atoms. The lowest BCUT2D eigenvalue weighted by Crippen LogP contribution is -2.36. The number of hydrogen-bond acceptors (Lipinski definition) is 4. The van der Waals surface area contributed by atoms with Gasteiger partial charge in [-0.3, -0.25) is 14.5 Å². The summed E-state index contributed by atoms with van der Waals surface area (Å²) in [6.07, 6.45) is 0.276. The van der Waals surface area contributed by atoms with Gasteiger partial charge >= 0.3 is 0 Å². The minimum Gasteiger partial charge on any atom is -0.379 e. The summed E-state index contributed by atoms with van der Waals surface area (Å²) in [5, 5.41) is 3.08. The molecule has 31 heavy (non-hydrogen) atoms. The molecule has 164 valence electrons. The van der Waals surface area contributed by atoms with Crippen LogP contribution in [0.3, 0.4) is 0 Å². The van der Waals surface area contributed by atoms with Crippen LogP contribution >= 0.6 is 0 Å². The van der Waals surface area contributed by atoms with Crippen LogP contribution in [-0.4, -0.2) is 54.5 Å². The van der Waals surface area contributed by atoms with Crippen LogP contribution in [0.15, 0.2) is 54.6 Å². The van der Waals surface area contributed by atoms with Crippen LogP contribution in [0.2, 0.25) is 0 Å². The maximum absolute atomic E-state index is 12.9. The molecule has 2 unspecified atom stereocenters. The topological polar surface area (TPSA) is 61.9 Å². The molecule has 0 radical (unpaired) electrons. The van der Waals surface area contributed by atoms with E-state index in [-0.39, 0.29) is 30.2 Å². The number of benzene rings is 2. The average molecular weight is 422 g/mol. The van der Waals surface area contributed by atoms with Crippen LogP contribution in [-0.2, 0) is 27.4 Å².